The van der Waals surface area contributed by atoms with Crippen LogP contribution in [0.4, 0.5) is 15.3 Å². The van der Waals surface area contributed by atoms with E-state index in [-0.39, 0.29) is 13.2 Å². The van der Waals surface area contributed by atoms with Gasteiger partial charge in [0.15, 0.2) is 11.3 Å². The number of nitrogens with one attached hydrogen (secondary N) is 1. The fraction of sp³-hybridized carbons (Fsp3) is 0.250. The first-order valence-corrected chi connectivity index (χ1v) is 9.97. The summed E-state index contributed by atoms with van der Waals surface area (Å²) in [5.74, 6) is 0. The molecule has 0 aromatic heterocycles. The number of rotatable bonds is 4. The van der Waals surface area contributed by atoms with E-state index in [1.54, 1.807) is 13.8 Å². The standard InChI is InChI=1S/C20H22N4O4S/c1-3-27-19(25)23-17(15-11-7-5-8-12-15)22-18(21-16-13-9-6-10-14-16)29-24(23)20(26)28-4-2/h5-14,17H,3-4H2,1-2H3,(H,21,22). The highest BCUT2D eigenvalue weighted by molar-refractivity contribution is 8.12. The molecule has 1 N–H and O–H groups in total. The lowest BCUT2D eigenvalue weighted by Crippen LogP contribution is -2.51. The fourth-order valence-corrected chi connectivity index (χ4v) is 3.47. The highest BCUT2D eigenvalue weighted by Gasteiger charge is 2.41. The van der Waals surface area contributed by atoms with E-state index in [2.05, 4.69) is 10.3 Å². The van der Waals surface area contributed by atoms with Crippen LogP contribution in [0.1, 0.15) is 25.6 Å². The second-order valence-corrected chi connectivity index (χ2v) is 6.73. The number of hydrogen-bond acceptors (Lipinski definition) is 7. The lowest BCUT2D eigenvalue weighted by molar-refractivity contribution is 0.00743. The van der Waals surface area contributed by atoms with E-state index >= 15 is 0 Å². The Kier molecular flexibility index (Phi) is 6.96. The maximum atomic E-state index is 12.7. The quantitative estimate of drug-likeness (QED) is 0.734. The molecule has 1 unspecified atom stereocenters. The van der Waals surface area contributed by atoms with Gasteiger partial charge in [-0.25, -0.2) is 14.6 Å². The van der Waals surface area contributed by atoms with E-state index in [0.717, 1.165) is 32.6 Å². The number of benzene rings is 2. The number of anilines is 1. The number of carbonyl (C=O) groups excluding carboxylic acids is 2. The summed E-state index contributed by atoms with van der Waals surface area (Å²) in [5, 5.41) is 4.79. The van der Waals surface area contributed by atoms with Gasteiger partial charge in [0, 0.05) is 5.69 Å². The van der Waals surface area contributed by atoms with Gasteiger partial charge >= 0.3 is 12.2 Å². The van der Waals surface area contributed by atoms with E-state index in [1.165, 1.54) is 0 Å². The van der Waals surface area contributed by atoms with Gasteiger partial charge < -0.3 is 14.8 Å². The molecule has 0 spiro atoms. The van der Waals surface area contributed by atoms with Gasteiger partial charge in [0.2, 0.25) is 0 Å². The first kappa shape index (κ1) is 20.5. The molecule has 152 valence electrons. The summed E-state index contributed by atoms with van der Waals surface area (Å²) in [6.45, 7) is 3.73. The average Bonchev–Trinajstić information content (AvgIpc) is 2.75. The van der Waals surface area contributed by atoms with Crippen molar-refractivity contribution in [1.29, 1.82) is 0 Å². The number of aliphatic imine (C=N–C) groups is 1. The number of para-hydroxylation sites is 1. The van der Waals surface area contributed by atoms with Gasteiger partial charge in [-0.15, -0.1) is 4.41 Å². The zero-order valence-corrected chi connectivity index (χ0v) is 17.0. The van der Waals surface area contributed by atoms with Crippen molar-refractivity contribution in [2.45, 2.75) is 20.0 Å². The van der Waals surface area contributed by atoms with E-state index in [0.29, 0.717) is 5.17 Å². The molecule has 8 nitrogen and oxygen atoms in total. The van der Waals surface area contributed by atoms with Gasteiger partial charge in [0.1, 0.15) is 0 Å². The van der Waals surface area contributed by atoms with Gasteiger partial charge in [-0.2, -0.15) is 5.01 Å². The second kappa shape index (κ2) is 9.83. The molecule has 1 heterocycles. The molecule has 9 heteroatoms. The number of ether oxygens (including phenoxy) is 2. The third kappa shape index (κ3) is 5.00. The van der Waals surface area contributed by atoms with Gasteiger partial charge in [-0.05, 0) is 31.5 Å². The van der Waals surface area contributed by atoms with Gasteiger partial charge in [0.05, 0.1) is 25.2 Å². The molecular formula is C20H22N4O4S. The SMILES string of the molecule is CCOC(=O)N1SC(Nc2ccccc2)=NC(c2ccccc2)N1C(=O)OCC. The molecule has 0 saturated carbocycles. The summed E-state index contributed by atoms with van der Waals surface area (Å²) in [7, 11) is 0. The zero-order valence-electron chi connectivity index (χ0n) is 16.1. The third-order valence-electron chi connectivity index (χ3n) is 3.84. The summed E-state index contributed by atoms with van der Waals surface area (Å²) in [6.07, 6.45) is -2.18. The number of hydrogen-bond donors (Lipinski definition) is 1. The number of amides is 2. The van der Waals surface area contributed by atoms with Gasteiger partial charge in [-0.3, -0.25) is 0 Å². The average molecular weight is 414 g/mol. The van der Waals surface area contributed by atoms with Crippen molar-refractivity contribution < 1.29 is 19.1 Å². The second-order valence-electron chi connectivity index (χ2n) is 5.82. The smallest absolute Gasteiger partial charge is 0.440 e. The van der Waals surface area contributed by atoms with Crippen LogP contribution in [0.2, 0.25) is 0 Å². The van der Waals surface area contributed by atoms with Crippen LogP contribution in [0.25, 0.3) is 0 Å². The molecule has 2 aromatic carbocycles. The Morgan fingerprint density at radius 1 is 0.966 bits per heavy atom. The number of amidine groups is 1. The van der Waals surface area contributed by atoms with Crippen molar-refractivity contribution in [3.8, 4) is 0 Å². The van der Waals surface area contributed by atoms with Crippen LogP contribution in [-0.4, -0.2) is 40.0 Å². The Bertz CT molecular complexity index is 863. The minimum Gasteiger partial charge on any atom is -0.448 e. The topological polar surface area (TPSA) is 83.5 Å². The van der Waals surface area contributed by atoms with Crippen LogP contribution in [0.3, 0.4) is 0 Å². The van der Waals surface area contributed by atoms with E-state index in [4.69, 9.17) is 9.47 Å². The van der Waals surface area contributed by atoms with Crippen LogP contribution in [0.5, 0.6) is 0 Å². The van der Waals surface area contributed by atoms with Gasteiger partial charge in [-0.1, -0.05) is 48.5 Å². The maximum absolute atomic E-state index is 12.7. The summed E-state index contributed by atoms with van der Waals surface area (Å²) >= 11 is 0.958. The van der Waals surface area contributed by atoms with Crippen LogP contribution in [-0.2, 0) is 9.47 Å². The first-order valence-electron chi connectivity index (χ1n) is 9.19. The Morgan fingerprint density at radius 3 is 2.17 bits per heavy atom. The van der Waals surface area contributed by atoms with E-state index in [1.807, 2.05) is 60.7 Å². The predicted octanol–water partition coefficient (Wildman–Crippen LogP) is 4.65. The summed E-state index contributed by atoms with van der Waals surface area (Å²) in [5.41, 5.74) is 1.53. The third-order valence-corrected chi connectivity index (χ3v) is 4.72. The van der Waals surface area contributed by atoms with Gasteiger partial charge in [0.25, 0.3) is 0 Å². The molecule has 0 bridgehead atoms. The molecule has 2 amide bonds. The predicted molar refractivity (Wildman–Crippen MR) is 112 cm³/mol. The van der Waals surface area contributed by atoms with Crippen molar-refractivity contribution in [1.82, 2.24) is 9.42 Å². The van der Waals surface area contributed by atoms with Crippen molar-refractivity contribution in [3.63, 3.8) is 0 Å². The molecular weight excluding hydrogens is 392 g/mol. The normalized spacial score (nSPS) is 16.1. The molecule has 1 aliphatic heterocycles. The number of hydrazine groups is 1. The van der Waals surface area contributed by atoms with E-state index in [9.17, 15) is 9.59 Å². The molecule has 0 saturated heterocycles. The maximum Gasteiger partial charge on any atom is 0.440 e. The highest BCUT2D eigenvalue weighted by atomic mass is 32.2. The largest absolute Gasteiger partial charge is 0.448 e. The molecule has 2 aromatic rings. The minimum absolute atomic E-state index is 0.164. The Morgan fingerprint density at radius 2 is 1.55 bits per heavy atom. The molecule has 0 radical (unpaired) electrons. The number of nitrogens with zero attached hydrogens (tertiary/aromatic N) is 3. The monoisotopic (exact) mass is 414 g/mol. The molecule has 0 fully saturated rings. The minimum atomic E-state index is -0.799. The van der Waals surface area contributed by atoms with Crippen LogP contribution in [0.15, 0.2) is 65.7 Å². The highest BCUT2D eigenvalue weighted by Crippen LogP contribution is 2.35. The van der Waals surface area contributed by atoms with Crippen molar-refractivity contribution in [2.24, 2.45) is 4.99 Å². The zero-order chi connectivity index (χ0) is 20.6. The summed E-state index contributed by atoms with van der Waals surface area (Å²) < 4.78 is 11.5. The summed E-state index contributed by atoms with van der Waals surface area (Å²) in [6, 6.07) is 18.7. The number of carbonyl (C=O) groups is 2. The van der Waals surface area contributed by atoms with E-state index < -0.39 is 18.4 Å². The van der Waals surface area contributed by atoms with Crippen molar-refractivity contribution in [3.05, 3.63) is 66.2 Å². The van der Waals surface area contributed by atoms with Crippen LogP contribution < -0.4 is 5.32 Å². The Labute approximate surface area is 173 Å². The molecule has 3 rings (SSSR count). The Balaban J connectivity index is 2.02. The lowest BCUT2D eigenvalue weighted by Gasteiger charge is -2.39. The fourth-order valence-electron chi connectivity index (χ4n) is 2.62. The van der Waals surface area contributed by atoms with Crippen molar-refractivity contribution >= 4 is 35.0 Å². The molecule has 1 atom stereocenters. The molecule has 0 aliphatic carbocycles. The first-order chi connectivity index (χ1) is 14.1. The molecule has 1 aliphatic rings. The van der Waals surface area contributed by atoms with Crippen LogP contribution >= 0.6 is 11.9 Å². The Hall–Kier alpha value is -3.20. The lowest BCUT2D eigenvalue weighted by atomic mass is 10.2. The summed E-state index contributed by atoms with van der Waals surface area (Å²) in [4.78, 5) is 30.0. The molecule has 29 heavy (non-hydrogen) atoms. The van der Waals surface area contributed by atoms with Crippen molar-refractivity contribution in [2.75, 3.05) is 18.5 Å². The van der Waals surface area contributed by atoms with Crippen LogP contribution in [0, 0.1) is 0 Å².